The molecule has 0 spiro atoms. The second kappa shape index (κ2) is 10.3. The largest absolute Gasteiger partial charge is 0.370 e. The van der Waals surface area contributed by atoms with Crippen LogP contribution in [0.15, 0.2) is 58.8 Å². The number of rotatable bonds is 9. The monoisotopic (exact) mass is 461 g/mol. The molecule has 170 valence electrons. The van der Waals surface area contributed by atoms with Crippen LogP contribution in [0.3, 0.4) is 0 Å². The highest BCUT2D eigenvalue weighted by Gasteiger charge is 2.17. The van der Waals surface area contributed by atoms with Gasteiger partial charge in [0.05, 0.1) is 17.9 Å². The van der Waals surface area contributed by atoms with E-state index in [1.165, 1.54) is 11.8 Å². The van der Waals surface area contributed by atoms with Gasteiger partial charge in [-0.2, -0.15) is 5.10 Å². The highest BCUT2D eigenvalue weighted by atomic mass is 32.2. The molecule has 0 unspecified atom stereocenters. The van der Waals surface area contributed by atoms with Crippen LogP contribution in [0.25, 0.3) is 22.3 Å². The van der Waals surface area contributed by atoms with Crippen molar-refractivity contribution in [2.75, 3.05) is 17.6 Å². The third kappa shape index (κ3) is 5.58. The summed E-state index contributed by atoms with van der Waals surface area (Å²) >= 11 is 1.51. The van der Waals surface area contributed by atoms with Crippen LogP contribution in [0.1, 0.15) is 31.0 Å². The summed E-state index contributed by atoms with van der Waals surface area (Å²) in [6.07, 6.45) is 1.80. The van der Waals surface area contributed by atoms with Gasteiger partial charge in [0, 0.05) is 24.1 Å². The van der Waals surface area contributed by atoms with Crippen LogP contribution < -0.4 is 16.8 Å². The first-order valence-electron chi connectivity index (χ1n) is 10.7. The van der Waals surface area contributed by atoms with Crippen LogP contribution in [0.2, 0.25) is 0 Å². The number of aliphatic imine (C=N–C) groups is 1. The molecule has 6 N–H and O–H groups in total. The Morgan fingerprint density at radius 3 is 2.61 bits per heavy atom. The fraction of sp³-hybridized carbons (Fsp3) is 0.261. The van der Waals surface area contributed by atoms with Gasteiger partial charge in [0.2, 0.25) is 0 Å². The number of guanidine groups is 1. The molecular weight excluding hydrogens is 434 g/mol. The quantitative estimate of drug-likeness (QED) is 0.0974. The number of nitrogens with two attached hydrogens (primary N) is 2. The van der Waals surface area contributed by atoms with E-state index in [0.29, 0.717) is 29.8 Å². The third-order valence-corrected chi connectivity index (χ3v) is 5.80. The number of nitrogens with zero attached hydrogens (tertiary/aromatic N) is 5. The predicted molar refractivity (Wildman–Crippen MR) is 134 cm³/mol. The number of pyridine rings is 1. The van der Waals surface area contributed by atoms with E-state index in [1.807, 2.05) is 18.2 Å². The van der Waals surface area contributed by atoms with Crippen molar-refractivity contribution in [2.24, 2.45) is 16.5 Å². The third-order valence-electron chi connectivity index (χ3n) is 4.98. The minimum Gasteiger partial charge on any atom is -0.370 e. The van der Waals surface area contributed by atoms with E-state index in [0.717, 1.165) is 33.5 Å². The first kappa shape index (κ1) is 22.5. The molecule has 0 aliphatic rings. The maximum Gasteiger partial charge on any atom is 0.190 e. The molecule has 0 aliphatic heterocycles. The Kier molecular flexibility index (Phi) is 7.04. The minimum absolute atomic E-state index is 0.0836. The highest BCUT2D eigenvalue weighted by Crippen LogP contribution is 2.28. The van der Waals surface area contributed by atoms with E-state index in [9.17, 15) is 0 Å². The molecule has 0 amide bonds. The number of aromatic amines is 1. The Balaban J connectivity index is 1.53. The predicted octanol–water partition coefficient (Wildman–Crippen LogP) is 3.52. The van der Waals surface area contributed by atoms with Crippen molar-refractivity contribution in [1.29, 1.82) is 0 Å². The molecule has 0 bridgehead atoms. The Hall–Kier alpha value is -3.66. The molecule has 0 saturated heterocycles. The minimum atomic E-state index is 0.0836. The topological polar surface area (TPSA) is 144 Å². The van der Waals surface area contributed by atoms with Crippen molar-refractivity contribution in [2.45, 2.75) is 31.5 Å². The second-order valence-electron chi connectivity index (χ2n) is 7.76. The summed E-state index contributed by atoms with van der Waals surface area (Å²) in [6.45, 7) is 5.33. The number of anilines is 1. The summed E-state index contributed by atoms with van der Waals surface area (Å²) in [5.41, 5.74) is 16.5. The molecule has 33 heavy (non-hydrogen) atoms. The van der Waals surface area contributed by atoms with Gasteiger partial charge in [0.1, 0.15) is 5.52 Å². The molecular formula is C23H27N9S. The summed E-state index contributed by atoms with van der Waals surface area (Å²) in [5.74, 6) is 1.71. The zero-order valence-corrected chi connectivity index (χ0v) is 19.4. The molecule has 0 aliphatic carbocycles. The normalized spacial score (nSPS) is 11.1. The van der Waals surface area contributed by atoms with Crippen LogP contribution >= 0.6 is 11.8 Å². The molecule has 0 fully saturated rings. The molecule has 1 aromatic carbocycles. The molecule has 0 saturated carbocycles. The van der Waals surface area contributed by atoms with E-state index < -0.39 is 0 Å². The van der Waals surface area contributed by atoms with Crippen LogP contribution in [0.5, 0.6) is 0 Å². The number of H-pyrrole nitrogens is 1. The van der Waals surface area contributed by atoms with E-state index in [-0.39, 0.29) is 11.9 Å². The zero-order chi connectivity index (χ0) is 23.2. The molecule has 0 radical (unpaired) electrons. The van der Waals surface area contributed by atoms with Gasteiger partial charge >= 0.3 is 0 Å². The maximum atomic E-state index is 5.41. The Labute approximate surface area is 196 Å². The van der Waals surface area contributed by atoms with Crippen LogP contribution in [0.4, 0.5) is 5.82 Å². The van der Waals surface area contributed by atoms with Crippen LogP contribution in [0, 0.1) is 0 Å². The summed E-state index contributed by atoms with van der Waals surface area (Å²) in [6, 6.07) is 14.2. The molecule has 3 heterocycles. The number of thioether (sulfide) groups is 1. The lowest BCUT2D eigenvalue weighted by atomic mass is 10.1. The standard InChI is InChI=1S/C23H27N9S/c1-14(2)18-19-20(32-31-18)21(30-23(29-19)33-12-11-27-22(24)25)28-13-15-6-8-16(9-7-15)17-5-3-4-10-26-17/h3-10,14H,11-13H2,1-2H3,(H,31,32)(H4,24,25,27)(H,28,29,30). The van der Waals surface area contributed by atoms with E-state index in [1.54, 1.807) is 6.20 Å². The van der Waals surface area contributed by atoms with Crippen molar-refractivity contribution in [1.82, 2.24) is 25.1 Å². The molecule has 0 atom stereocenters. The summed E-state index contributed by atoms with van der Waals surface area (Å²) in [5, 5.41) is 11.7. The lowest BCUT2D eigenvalue weighted by molar-refractivity contribution is 0.814. The Morgan fingerprint density at radius 2 is 1.91 bits per heavy atom. The Bertz CT molecular complexity index is 1230. The van der Waals surface area contributed by atoms with Gasteiger partial charge < -0.3 is 16.8 Å². The van der Waals surface area contributed by atoms with Crippen molar-refractivity contribution < 1.29 is 0 Å². The number of benzene rings is 1. The van der Waals surface area contributed by atoms with Crippen LogP contribution in [-0.4, -0.2) is 43.4 Å². The van der Waals surface area contributed by atoms with E-state index in [2.05, 4.69) is 63.6 Å². The van der Waals surface area contributed by atoms with Crippen molar-refractivity contribution in [3.8, 4) is 11.3 Å². The Morgan fingerprint density at radius 1 is 1.09 bits per heavy atom. The van der Waals surface area contributed by atoms with Gasteiger partial charge in [-0.1, -0.05) is 55.9 Å². The van der Waals surface area contributed by atoms with Gasteiger partial charge in [-0.3, -0.25) is 15.1 Å². The average molecular weight is 462 g/mol. The van der Waals surface area contributed by atoms with Gasteiger partial charge in [0.15, 0.2) is 22.5 Å². The maximum absolute atomic E-state index is 5.41. The lowest BCUT2D eigenvalue weighted by Crippen LogP contribution is -2.23. The SMILES string of the molecule is CC(C)c1[nH]nc2c(NCc3ccc(-c4ccccn4)cc3)nc(SCCN=C(N)N)nc12. The van der Waals surface area contributed by atoms with E-state index in [4.69, 9.17) is 21.4 Å². The fourth-order valence-electron chi connectivity index (χ4n) is 3.31. The van der Waals surface area contributed by atoms with Gasteiger partial charge in [-0.05, 0) is 23.6 Å². The average Bonchev–Trinajstić information content (AvgIpc) is 3.26. The first-order chi connectivity index (χ1) is 16.0. The van der Waals surface area contributed by atoms with Gasteiger partial charge in [-0.15, -0.1) is 0 Å². The fourth-order valence-corrected chi connectivity index (χ4v) is 3.99. The van der Waals surface area contributed by atoms with Crippen LogP contribution in [-0.2, 0) is 6.54 Å². The summed E-state index contributed by atoms with van der Waals surface area (Å²) < 4.78 is 0. The van der Waals surface area contributed by atoms with E-state index >= 15 is 0 Å². The zero-order valence-electron chi connectivity index (χ0n) is 18.6. The smallest absolute Gasteiger partial charge is 0.190 e. The molecule has 4 aromatic rings. The number of hydrogen-bond donors (Lipinski definition) is 4. The molecule has 9 nitrogen and oxygen atoms in total. The number of nitrogens with one attached hydrogen (secondary N) is 2. The number of fused-ring (bicyclic) bond motifs is 1. The molecule has 3 aromatic heterocycles. The first-order valence-corrected chi connectivity index (χ1v) is 11.7. The molecule has 4 rings (SSSR count). The summed E-state index contributed by atoms with van der Waals surface area (Å²) in [4.78, 5) is 17.9. The highest BCUT2D eigenvalue weighted by molar-refractivity contribution is 7.99. The number of aromatic nitrogens is 5. The van der Waals surface area contributed by atoms with Gasteiger partial charge in [0.25, 0.3) is 0 Å². The van der Waals surface area contributed by atoms with Crippen molar-refractivity contribution in [3.05, 3.63) is 59.9 Å². The van der Waals surface area contributed by atoms with Gasteiger partial charge in [-0.25, -0.2) is 9.97 Å². The van der Waals surface area contributed by atoms with Crippen molar-refractivity contribution in [3.63, 3.8) is 0 Å². The lowest BCUT2D eigenvalue weighted by Gasteiger charge is -2.10. The molecule has 10 heteroatoms. The van der Waals surface area contributed by atoms with Crippen molar-refractivity contribution >= 4 is 34.6 Å². The second-order valence-corrected chi connectivity index (χ2v) is 8.83. The number of hydrogen-bond acceptors (Lipinski definition) is 7. The summed E-state index contributed by atoms with van der Waals surface area (Å²) in [7, 11) is 0.